The van der Waals surface area contributed by atoms with Crippen LogP contribution in [0.3, 0.4) is 0 Å². The average molecular weight is 341 g/mol. The maximum atomic E-state index is 12.0. The lowest BCUT2D eigenvalue weighted by molar-refractivity contribution is -0.116. The van der Waals surface area contributed by atoms with Gasteiger partial charge in [-0.15, -0.1) is 0 Å². The molecular weight excluding hydrogens is 314 g/mol. The summed E-state index contributed by atoms with van der Waals surface area (Å²) in [4.78, 5) is 21.8. The Bertz CT molecular complexity index is 731. The molecule has 1 saturated heterocycles. The van der Waals surface area contributed by atoms with Crippen LogP contribution in [-0.4, -0.2) is 29.0 Å². The van der Waals surface area contributed by atoms with Gasteiger partial charge in [0.05, 0.1) is 17.1 Å². The zero-order valence-electron chi connectivity index (χ0n) is 15.0. The number of amides is 1. The molecule has 25 heavy (non-hydrogen) atoms. The Hall–Kier alpha value is -2.50. The Balaban J connectivity index is 1.69. The monoisotopic (exact) mass is 341 g/mol. The zero-order valence-corrected chi connectivity index (χ0v) is 15.0. The molecule has 2 heterocycles. The SMILES string of the molecule is CCCC(=O)Nc1ccccc1N1CCC(c2[nH]c(N)nc2C)CC1. The van der Waals surface area contributed by atoms with E-state index in [1.54, 1.807) is 0 Å². The van der Waals surface area contributed by atoms with Gasteiger partial charge in [0.1, 0.15) is 0 Å². The lowest BCUT2D eigenvalue weighted by Crippen LogP contribution is -2.33. The van der Waals surface area contributed by atoms with E-state index in [0.717, 1.165) is 49.4 Å². The average Bonchev–Trinajstić information content (AvgIpc) is 2.94. The Kier molecular flexibility index (Phi) is 5.26. The Labute approximate surface area is 148 Å². The number of hydrogen-bond donors (Lipinski definition) is 3. The first-order chi connectivity index (χ1) is 12.1. The second-order valence-corrected chi connectivity index (χ2v) is 6.70. The third-order valence-electron chi connectivity index (χ3n) is 4.84. The maximum Gasteiger partial charge on any atom is 0.224 e. The van der Waals surface area contributed by atoms with Crippen LogP contribution in [-0.2, 0) is 4.79 Å². The molecule has 2 aromatic rings. The summed E-state index contributed by atoms with van der Waals surface area (Å²) in [5.41, 5.74) is 9.96. The summed E-state index contributed by atoms with van der Waals surface area (Å²) in [5, 5.41) is 3.05. The molecule has 0 spiro atoms. The number of rotatable bonds is 5. The molecule has 0 radical (unpaired) electrons. The normalized spacial score (nSPS) is 15.4. The molecule has 0 atom stereocenters. The fraction of sp³-hybridized carbons (Fsp3) is 0.474. The summed E-state index contributed by atoms with van der Waals surface area (Å²) in [6.07, 6.45) is 3.49. The number of imidazole rings is 1. The molecular formula is C19H27N5O. The minimum atomic E-state index is 0.0772. The number of anilines is 3. The summed E-state index contributed by atoms with van der Waals surface area (Å²) < 4.78 is 0. The summed E-state index contributed by atoms with van der Waals surface area (Å²) in [7, 11) is 0. The molecule has 0 saturated carbocycles. The van der Waals surface area contributed by atoms with Crippen LogP contribution in [0, 0.1) is 6.92 Å². The Morgan fingerprint density at radius 2 is 2.08 bits per heavy atom. The molecule has 1 aromatic heterocycles. The highest BCUT2D eigenvalue weighted by Crippen LogP contribution is 2.34. The number of para-hydroxylation sites is 2. The number of aryl methyl sites for hydroxylation is 1. The van der Waals surface area contributed by atoms with Crippen LogP contribution in [0.25, 0.3) is 0 Å². The fourth-order valence-corrected chi connectivity index (χ4v) is 3.60. The molecule has 1 aliphatic rings. The number of nitrogens with one attached hydrogen (secondary N) is 2. The van der Waals surface area contributed by atoms with Gasteiger partial charge < -0.3 is 20.9 Å². The smallest absolute Gasteiger partial charge is 0.224 e. The lowest BCUT2D eigenvalue weighted by Gasteiger charge is -2.34. The molecule has 0 unspecified atom stereocenters. The van der Waals surface area contributed by atoms with E-state index >= 15 is 0 Å². The van der Waals surface area contributed by atoms with Crippen molar-refractivity contribution in [3.8, 4) is 0 Å². The summed E-state index contributed by atoms with van der Waals surface area (Å²) in [6, 6.07) is 8.06. The van der Waals surface area contributed by atoms with Gasteiger partial charge in [-0.2, -0.15) is 0 Å². The Morgan fingerprint density at radius 1 is 1.36 bits per heavy atom. The summed E-state index contributed by atoms with van der Waals surface area (Å²) >= 11 is 0. The molecule has 3 rings (SSSR count). The first-order valence-corrected chi connectivity index (χ1v) is 9.04. The van der Waals surface area contributed by atoms with E-state index in [4.69, 9.17) is 5.73 Å². The number of hydrogen-bond acceptors (Lipinski definition) is 4. The van der Waals surface area contributed by atoms with Crippen LogP contribution in [0.1, 0.15) is 49.9 Å². The van der Waals surface area contributed by atoms with E-state index < -0.39 is 0 Å². The van der Waals surface area contributed by atoms with Gasteiger partial charge in [-0.25, -0.2) is 4.98 Å². The van der Waals surface area contributed by atoms with Gasteiger partial charge in [-0.1, -0.05) is 19.1 Å². The van der Waals surface area contributed by atoms with Crippen LogP contribution in [0.4, 0.5) is 17.3 Å². The maximum absolute atomic E-state index is 12.0. The highest BCUT2D eigenvalue weighted by atomic mass is 16.1. The van der Waals surface area contributed by atoms with Crippen LogP contribution in [0.15, 0.2) is 24.3 Å². The van der Waals surface area contributed by atoms with Gasteiger partial charge >= 0.3 is 0 Å². The van der Waals surface area contributed by atoms with Crippen molar-refractivity contribution in [1.29, 1.82) is 0 Å². The van der Waals surface area contributed by atoms with Crippen molar-refractivity contribution in [2.45, 2.75) is 45.4 Å². The van der Waals surface area contributed by atoms with E-state index in [0.29, 0.717) is 18.3 Å². The van der Waals surface area contributed by atoms with E-state index in [1.807, 2.05) is 32.0 Å². The number of nitrogens with two attached hydrogens (primary N) is 1. The molecule has 6 nitrogen and oxygen atoms in total. The molecule has 1 aromatic carbocycles. The van der Waals surface area contributed by atoms with Crippen LogP contribution in [0.5, 0.6) is 0 Å². The first kappa shape index (κ1) is 17.3. The second-order valence-electron chi connectivity index (χ2n) is 6.70. The van der Waals surface area contributed by atoms with Crippen molar-refractivity contribution in [2.24, 2.45) is 0 Å². The number of carbonyl (C=O) groups is 1. The molecule has 0 bridgehead atoms. The third-order valence-corrected chi connectivity index (χ3v) is 4.84. The van der Waals surface area contributed by atoms with Crippen molar-refractivity contribution < 1.29 is 4.79 Å². The van der Waals surface area contributed by atoms with Crippen molar-refractivity contribution in [3.63, 3.8) is 0 Å². The van der Waals surface area contributed by atoms with Gasteiger partial charge in [-0.05, 0) is 38.3 Å². The standard InChI is InChI=1S/C19H27N5O/c1-3-6-17(25)22-15-7-4-5-8-16(15)24-11-9-14(10-12-24)18-13(2)21-19(20)23-18/h4-5,7-8,14H,3,6,9-12H2,1-2H3,(H,22,25)(H3,20,21,23). The quantitative estimate of drug-likeness (QED) is 0.777. The highest BCUT2D eigenvalue weighted by molar-refractivity contribution is 5.94. The third kappa shape index (κ3) is 3.95. The number of aromatic amines is 1. The van der Waals surface area contributed by atoms with Crippen molar-refractivity contribution in [2.75, 3.05) is 29.0 Å². The molecule has 1 aliphatic heterocycles. The largest absolute Gasteiger partial charge is 0.370 e. The summed E-state index contributed by atoms with van der Waals surface area (Å²) in [5.74, 6) is 1.04. The minimum absolute atomic E-state index is 0.0772. The number of nitrogen functional groups attached to an aromatic ring is 1. The van der Waals surface area contributed by atoms with Crippen LogP contribution < -0.4 is 16.0 Å². The molecule has 6 heteroatoms. The lowest BCUT2D eigenvalue weighted by atomic mass is 9.92. The minimum Gasteiger partial charge on any atom is -0.370 e. The van der Waals surface area contributed by atoms with E-state index in [9.17, 15) is 4.79 Å². The topological polar surface area (TPSA) is 87.0 Å². The first-order valence-electron chi connectivity index (χ1n) is 9.04. The molecule has 1 amide bonds. The second kappa shape index (κ2) is 7.59. The van der Waals surface area contributed by atoms with E-state index in [2.05, 4.69) is 26.3 Å². The van der Waals surface area contributed by atoms with Gasteiger partial charge in [0.25, 0.3) is 0 Å². The van der Waals surface area contributed by atoms with Crippen molar-refractivity contribution in [3.05, 3.63) is 35.7 Å². The number of benzene rings is 1. The predicted octanol–water partition coefficient (Wildman–Crippen LogP) is 3.42. The van der Waals surface area contributed by atoms with Gasteiger partial charge in [0.2, 0.25) is 5.91 Å². The van der Waals surface area contributed by atoms with E-state index in [-0.39, 0.29) is 5.91 Å². The van der Waals surface area contributed by atoms with Gasteiger partial charge in [0, 0.05) is 31.1 Å². The molecule has 134 valence electrons. The fourth-order valence-electron chi connectivity index (χ4n) is 3.60. The highest BCUT2D eigenvalue weighted by Gasteiger charge is 2.25. The van der Waals surface area contributed by atoms with Crippen LogP contribution in [0.2, 0.25) is 0 Å². The number of carbonyl (C=O) groups excluding carboxylic acids is 1. The van der Waals surface area contributed by atoms with Crippen molar-refractivity contribution >= 4 is 23.2 Å². The number of nitrogens with zero attached hydrogens (tertiary/aromatic N) is 2. The summed E-state index contributed by atoms with van der Waals surface area (Å²) in [6.45, 7) is 5.92. The Morgan fingerprint density at radius 3 is 2.72 bits per heavy atom. The number of piperidine rings is 1. The van der Waals surface area contributed by atoms with Gasteiger partial charge in [0.15, 0.2) is 5.95 Å². The number of aromatic nitrogens is 2. The van der Waals surface area contributed by atoms with Crippen molar-refractivity contribution in [1.82, 2.24) is 9.97 Å². The number of H-pyrrole nitrogens is 1. The molecule has 4 N–H and O–H groups in total. The van der Waals surface area contributed by atoms with E-state index in [1.165, 1.54) is 5.69 Å². The predicted molar refractivity (Wildman–Crippen MR) is 102 cm³/mol. The van der Waals surface area contributed by atoms with Gasteiger partial charge in [-0.3, -0.25) is 4.79 Å². The molecule has 0 aliphatic carbocycles. The molecule has 1 fully saturated rings. The van der Waals surface area contributed by atoms with Crippen LogP contribution >= 0.6 is 0 Å². The zero-order chi connectivity index (χ0) is 17.8.